The fourth-order valence-electron chi connectivity index (χ4n) is 1.33. The number of hydrogen-bond acceptors (Lipinski definition) is 4. The van der Waals surface area contributed by atoms with Gasteiger partial charge < -0.3 is 19.4 Å². The summed E-state index contributed by atoms with van der Waals surface area (Å²) in [6, 6.07) is 1.07. The minimum absolute atomic E-state index is 0.215. The van der Waals surface area contributed by atoms with Crippen molar-refractivity contribution in [3.63, 3.8) is 0 Å². The molecule has 0 amide bonds. The Labute approximate surface area is 93.3 Å². The Morgan fingerprint density at radius 3 is 2.53 bits per heavy atom. The van der Waals surface area contributed by atoms with Gasteiger partial charge in [-0.15, -0.1) is 0 Å². The maximum absolute atomic E-state index is 9.01. The monoisotopic (exact) mass is 236 g/mol. The topological polar surface area (TPSA) is 58.9 Å². The van der Waals surface area contributed by atoms with Crippen molar-refractivity contribution in [2.24, 2.45) is 0 Å². The summed E-state index contributed by atoms with van der Waals surface area (Å²) in [7, 11) is -1.48. The van der Waals surface area contributed by atoms with Crippen molar-refractivity contribution in [2.75, 3.05) is 26.4 Å². The van der Waals surface area contributed by atoms with Crippen molar-refractivity contribution in [3.05, 3.63) is 0 Å². The van der Waals surface area contributed by atoms with Crippen molar-refractivity contribution in [1.29, 1.82) is 0 Å². The molecular formula is C10H24O4Si. The van der Waals surface area contributed by atoms with E-state index in [1.165, 1.54) is 0 Å². The number of rotatable bonds is 9. The smallest absolute Gasteiger partial charge is 0.186 e. The highest BCUT2D eigenvalue weighted by molar-refractivity contribution is 6.71. The summed E-state index contributed by atoms with van der Waals surface area (Å²) >= 11 is 0. The third kappa shape index (κ3) is 9.01. The largest absolute Gasteiger partial charge is 0.418 e. The fraction of sp³-hybridized carbons (Fsp3) is 1.00. The summed E-state index contributed by atoms with van der Waals surface area (Å²) in [4.78, 5) is 0. The third-order valence-electron chi connectivity index (χ3n) is 2.12. The van der Waals surface area contributed by atoms with E-state index in [-0.39, 0.29) is 13.2 Å². The lowest BCUT2D eigenvalue weighted by Gasteiger charge is -2.21. The molecule has 0 saturated heterocycles. The van der Waals surface area contributed by atoms with Crippen LogP contribution in [0.2, 0.25) is 19.1 Å². The molecule has 0 fully saturated rings. The zero-order chi connectivity index (χ0) is 11.7. The number of aliphatic hydroxyl groups is 2. The molecule has 15 heavy (non-hydrogen) atoms. The van der Waals surface area contributed by atoms with E-state index >= 15 is 0 Å². The van der Waals surface area contributed by atoms with Crippen molar-refractivity contribution in [1.82, 2.24) is 0 Å². The minimum Gasteiger partial charge on any atom is -0.418 e. The van der Waals surface area contributed by atoms with E-state index in [0.717, 1.165) is 19.1 Å². The van der Waals surface area contributed by atoms with Crippen LogP contribution in [0.3, 0.4) is 0 Å². The lowest BCUT2D eigenvalue weighted by Crippen LogP contribution is -2.30. The Kier molecular flexibility index (Phi) is 8.27. The van der Waals surface area contributed by atoms with Gasteiger partial charge >= 0.3 is 0 Å². The predicted octanol–water partition coefficient (Wildman–Crippen LogP) is 0.988. The van der Waals surface area contributed by atoms with Crippen molar-refractivity contribution in [3.8, 4) is 0 Å². The summed E-state index contributed by atoms with van der Waals surface area (Å²) in [5.74, 6) is 0. The normalized spacial score (nSPS) is 14.2. The van der Waals surface area contributed by atoms with Crippen LogP contribution in [0.25, 0.3) is 0 Å². The Balaban J connectivity index is 3.37. The molecule has 0 rings (SSSR count). The second-order valence-corrected chi connectivity index (χ2v) is 8.52. The Morgan fingerprint density at radius 1 is 1.33 bits per heavy atom. The lowest BCUT2D eigenvalue weighted by molar-refractivity contribution is 0.00633. The van der Waals surface area contributed by atoms with Gasteiger partial charge in [0.05, 0.1) is 13.2 Å². The number of ether oxygens (including phenoxy) is 1. The molecule has 0 aromatic carbocycles. The zero-order valence-electron chi connectivity index (χ0n) is 10.0. The standard InChI is InChI=1S/C10H24O4Si/c1-4-14-15(2,3)7-5-6-13-9-10(12)8-11/h10-12H,4-9H2,1-3H3. The third-order valence-corrected chi connectivity index (χ3v) is 4.75. The minimum atomic E-state index is -1.48. The molecule has 0 heterocycles. The van der Waals surface area contributed by atoms with Crippen LogP contribution in [0.1, 0.15) is 13.3 Å². The first-order valence-electron chi connectivity index (χ1n) is 5.52. The van der Waals surface area contributed by atoms with Crippen LogP contribution in [0.5, 0.6) is 0 Å². The van der Waals surface area contributed by atoms with E-state index in [1.807, 2.05) is 6.92 Å². The molecule has 0 spiro atoms. The van der Waals surface area contributed by atoms with Gasteiger partial charge in [0, 0.05) is 13.2 Å². The van der Waals surface area contributed by atoms with E-state index in [0.29, 0.717) is 6.61 Å². The van der Waals surface area contributed by atoms with Crippen LogP contribution >= 0.6 is 0 Å². The van der Waals surface area contributed by atoms with E-state index < -0.39 is 14.4 Å². The van der Waals surface area contributed by atoms with Crippen molar-refractivity contribution in [2.45, 2.75) is 38.6 Å². The van der Waals surface area contributed by atoms with Crippen LogP contribution in [-0.2, 0) is 9.16 Å². The van der Waals surface area contributed by atoms with Gasteiger partial charge in [0.15, 0.2) is 8.32 Å². The Bertz CT molecular complexity index is 152. The van der Waals surface area contributed by atoms with E-state index in [9.17, 15) is 0 Å². The molecule has 0 aliphatic heterocycles. The second-order valence-electron chi connectivity index (χ2n) is 4.21. The summed E-state index contributed by atoms with van der Waals surface area (Å²) in [6.07, 6.45) is 0.208. The van der Waals surface area contributed by atoms with Gasteiger partial charge in [0.25, 0.3) is 0 Å². The fourth-order valence-corrected chi connectivity index (χ4v) is 3.26. The number of hydrogen-bond donors (Lipinski definition) is 2. The van der Waals surface area contributed by atoms with Crippen LogP contribution in [-0.4, -0.2) is 51.1 Å². The highest BCUT2D eigenvalue weighted by atomic mass is 28.4. The first-order chi connectivity index (χ1) is 7.02. The summed E-state index contributed by atoms with van der Waals surface area (Å²) in [5, 5.41) is 17.6. The molecule has 92 valence electrons. The first-order valence-corrected chi connectivity index (χ1v) is 8.64. The van der Waals surface area contributed by atoms with Gasteiger partial charge in [-0.1, -0.05) is 0 Å². The van der Waals surface area contributed by atoms with Gasteiger partial charge in [-0.05, 0) is 32.5 Å². The summed E-state index contributed by atoms with van der Waals surface area (Å²) in [5.41, 5.74) is 0. The second kappa shape index (κ2) is 8.24. The van der Waals surface area contributed by atoms with Crippen LogP contribution < -0.4 is 0 Å². The van der Waals surface area contributed by atoms with Gasteiger partial charge in [-0.25, -0.2) is 0 Å². The molecule has 5 heteroatoms. The molecule has 2 N–H and O–H groups in total. The Hall–Kier alpha value is 0.0569. The molecule has 1 atom stereocenters. The summed E-state index contributed by atoms with van der Waals surface area (Å²) in [6.45, 7) is 7.79. The molecule has 4 nitrogen and oxygen atoms in total. The van der Waals surface area contributed by atoms with Gasteiger partial charge in [-0.3, -0.25) is 0 Å². The molecule has 0 radical (unpaired) electrons. The average Bonchev–Trinajstić information content (AvgIpc) is 2.16. The van der Waals surface area contributed by atoms with Gasteiger partial charge in [0.2, 0.25) is 0 Å². The molecule has 0 bridgehead atoms. The highest BCUT2D eigenvalue weighted by Crippen LogP contribution is 2.13. The first kappa shape index (κ1) is 15.1. The maximum atomic E-state index is 9.01. The molecule has 1 unspecified atom stereocenters. The van der Waals surface area contributed by atoms with Crippen LogP contribution in [0, 0.1) is 0 Å². The quantitative estimate of drug-likeness (QED) is 0.463. The van der Waals surface area contributed by atoms with E-state index in [2.05, 4.69) is 13.1 Å². The van der Waals surface area contributed by atoms with Gasteiger partial charge in [-0.2, -0.15) is 0 Å². The SMILES string of the molecule is CCO[Si](C)(C)CCCOCC(O)CO. The predicted molar refractivity (Wildman–Crippen MR) is 62.4 cm³/mol. The Morgan fingerprint density at radius 2 is 2.00 bits per heavy atom. The highest BCUT2D eigenvalue weighted by Gasteiger charge is 2.20. The van der Waals surface area contributed by atoms with Crippen LogP contribution in [0.15, 0.2) is 0 Å². The van der Waals surface area contributed by atoms with Crippen molar-refractivity contribution < 1.29 is 19.4 Å². The lowest BCUT2D eigenvalue weighted by atomic mass is 10.4. The van der Waals surface area contributed by atoms with E-state index in [4.69, 9.17) is 19.4 Å². The zero-order valence-corrected chi connectivity index (χ0v) is 11.0. The molecule has 0 aromatic heterocycles. The van der Waals surface area contributed by atoms with Gasteiger partial charge in [0.1, 0.15) is 6.10 Å². The molecule has 0 aliphatic carbocycles. The molecule has 0 aromatic rings. The average molecular weight is 236 g/mol. The van der Waals surface area contributed by atoms with E-state index in [1.54, 1.807) is 0 Å². The molecular weight excluding hydrogens is 212 g/mol. The molecule has 0 aliphatic rings. The van der Waals surface area contributed by atoms with Crippen LogP contribution in [0.4, 0.5) is 0 Å². The maximum Gasteiger partial charge on any atom is 0.186 e. The number of aliphatic hydroxyl groups excluding tert-OH is 2. The molecule has 0 saturated carbocycles. The van der Waals surface area contributed by atoms with Crippen molar-refractivity contribution >= 4 is 8.32 Å². The summed E-state index contributed by atoms with van der Waals surface area (Å²) < 4.78 is 10.9.